The molecule has 6 heteroatoms. The molecule has 0 amide bonds. The van der Waals surface area contributed by atoms with Crippen LogP contribution in [0.3, 0.4) is 0 Å². The number of aryl methyl sites for hydroxylation is 1. The summed E-state index contributed by atoms with van der Waals surface area (Å²) in [5.74, 6) is 1.27. The number of fused-ring (bicyclic) bond motifs is 1. The number of para-hydroxylation sites is 1. The second-order valence-electron chi connectivity index (χ2n) is 10.1. The van der Waals surface area contributed by atoms with E-state index in [1.54, 1.807) is 0 Å². The number of rotatable bonds is 5. The topological polar surface area (TPSA) is 22.2 Å². The Labute approximate surface area is 246 Å². The summed E-state index contributed by atoms with van der Waals surface area (Å²) >= 11 is 0. The summed E-state index contributed by atoms with van der Waals surface area (Å²) in [6, 6.07) is 35.7. The van der Waals surface area contributed by atoms with E-state index in [-0.39, 0.29) is 26.6 Å². The Hall–Kier alpha value is -3.53. The average molecular weight is 694 g/mol. The second kappa shape index (κ2) is 10.9. The standard InChI is InChI=1S/C33H30N4O.Pt/c1-25-15-17-26(18-16-25)35-19-20-36(24-35)27-9-7-11-29(21-27)38-30-12-8-10-28(22-30)37-23-34(4)33(2,3)31-13-5-6-14-32(31)37;/h5-20,23-24H,1-4H3;/q-4;+4. The van der Waals surface area contributed by atoms with Gasteiger partial charge in [-0.15, -0.1) is 54.4 Å². The van der Waals surface area contributed by atoms with Gasteiger partial charge in [-0.2, -0.15) is 18.8 Å². The van der Waals surface area contributed by atoms with E-state index in [4.69, 9.17) is 4.74 Å². The fourth-order valence-electron chi connectivity index (χ4n) is 4.73. The molecule has 0 aliphatic carbocycles. The first-order chi connectivity index (χ1) is 18.4. The second-order valence-corrected chi connectivity index (χ2v) is 10.1. The summed E-state index contributed by atoms with van der Waals surface area (Å²) in [7, 11) is 2.10. The zero-order chi connectivity index (χ0) is 26.3. The zero-order valence-corrected chi connectivity index (χ0v) is 24.7. The first kappa shape index (κ1) is 27.1. The third kappa shape index (κ3) is 5.34. The normalized spacial score (nSPS) is 16.2. The van der Waals surface area contributed by atoms with Crippen LogP contribution in [-0.4, -0.2) is 11.9 Å². The van der Waals surface area contributed by atoms with Gasteiger partial charge in [-0.25, -0.2) is 0 Å². The molecule has 0 fully saturated rings. The van der Waals surface area contributed by atoms with Crippen molar-refractivity contribution in [3.8, 4) is 11.5 Å². The number of ether oxygens (including phenoxy) is 1. The molecule has 6 rings (SSSR count). The summed E-state index contributed by atoms with van der Waals surface area (Å²) < 4.78 is 6.25. The van der Waals surface area contributed by atoms with Gasteiger partial charge in [-0.3, -0.25) is 0 Å². The van der Waals surface area contributed by atoms with Gasteiger partial charge in [0.2, 0.25) is 0 Å². The van der Waals surface area contributed by atoms with E-state index in [0.717, 1.165) is 22.7 Å². The molecule has 2 aliphatic heterocycles. The first-order valence-electron chi connectivity index (χ1n) is 12.7. The van der Waals surface area contributed by atoms with Gasteiger partial charge in [-0.05, 0) is 64.0 Å². The van der Waals surface area contributed by atoms with E-state index in [9.17, 15) is 0 Å². The van der Waals surface area contributed by atoms with E-state index in [1.165, 1.54) is 11.1 Å². The Morgan fingerprint density at radius 1 is 0.718 bits per heavy atom. The predicted molar refractivity (Wildman–Crippen MR) is 154 cm³/mol. The molecular formula is C33H30N4OPt. The van der Waals surface area contributed by atoms with Crippen LogP contribution in [0.25, 0.3) is 0 Å². The molecule has 0 bridgehead atoms. The SMILES string of the molecule is Cc1ccc(N2C=CN(c3[c-]c(Oc4[c-]c(N5[CH-]N(C)C(C)(C)c6ccccc65)ccc4)ccc3)[CH-]2)cc1.[Pt+4]. The van der Waals surface area contributed by atoms with E-state index < -0.39 is 0 Å². The number of nitrogens with zero attached hydrogens (tertiary/aromatic N) is 4. The molecule has 0 N–H and O–H groups in total. The van der Waals surface area contributed by atoms with Crippen molar-refractivity contribution in [3.05, 3.63) is 134 Å². The first-order valence-corrected chi connectivity index (χ1v) is 12.7. The summed E-state index contributed by atoms with van der Waals surface area (Å²) in [6.45, 7) is 10.7. The van der Waals surface area contributed by atoms with Crippen molar-refractivity contribution in [2.24, 2.45) is 0 Å². The Morgan fingerprint density at radius 3 is 2.10 bits per heavy atom. The van der Waals surface area contributed by atoms with Crippen molar-refractivity contribution in [1.29, 1.82) is 0 Å². The van der Waals surface area contributed by atoms with Crippen molar-refractivity contribution in [3.63, 3.8) is 0 Å². The van der Waals surface area contributed by atoms with Crippen molar-refractivity contribution in [2.45, 2.75) is 26.3 Å². The molecule has 4 aromatic rings. The number of anilines is 4. The fraction of sp³-hybridized carbons (Fsp3) is 0.152. The molecule has 39 heavy (non-hydrogen) atoms. The third-order valence-electron chi connectivity index (χ3n) is 7.23. The van der Waals surface area contributed by atoms with Gasteiger partial charge in [-0.1, -0.05) is 35.9 Å². The third-order valence-corrected chi connectivity index (χ3v) is 7.23. The van der Waals surface area contributed by atoms with Gasteiger partial charge in [0, 0.05) is 28.4 Å². The van der Waals surface area contributed by atoms with Crippen LogP contribution >= 0.6 is 0 Å². The minimum atomic E-state index is -0.104. The Bertz CT molecular complexity index is 1480. The van der Waals surface area contributed by atoms with Crippen molar-refractivity contribution in [1.82, 2.24) is 4.90 Å². The molecule has 0 spiro atoms. The van der Waals surface area contributed by atoms with Crippen LogP contribution in [0.5, 0.6) is 11.5 Å². The zero-order valence-electron chi connectivity index (χ0n) is 22.4. The van der Waals surface area contributed by atoms with Gasteiger partial charge >= 0.3 is 21.1 Å². The van der Waals surface area contributed by atoms with Crippen LogP contribution in [0.15, 0.2) is 97.3 Å². The van der Waals surface area contributed by atoms with Crippen LogP contribution < -0.4 is 19.4 Å². The number of benzene rings is 4. The van der Waals surface area contributed by atoms with Gasteiger partial charge in [0.05, 0.1) is 0 Å². The summed E-state index contributed by atoms with van der Waals surface area (Å²) in [5.41, 5.74) is 6.47. The van der Waals surface area contributed by atoms with E-state index in [2.05, 4.69) is 116 Å². The molecule has 2 heterocycles. The molecule has 0 radical (unpaired) electrons. The van der Waals surface area contributed by atoms with Crippen LogP contribution in [-0.2, 0) is 26.6 Å². The Kier molecular flexibility index (Phi) is 7.57. The van der Waals surface area contributed by atoms with E-state index in [0.29, 0.717) is 11.5 Å². The molecule has 198 valence electrons. The molecule has 0 aromatic heterocycles. The maximum Gasteiger partial charge on any atom is 4.00 e. The van der Waals surface area contributed by atoms with E-state index in [1.807, 2.05) is 54.3 Å². The molecule has 0 saturated carbocycles. The predicted octanol–water partition coefficient (Wildman–Crippen LogP) is 7.74. The van der Waals surface area contributed by atoms with Gasteiger partial charge in [0.15, 0.2) is 0 Å². The van der Waals surface area contributed by atoms with Gasteiger partial charge in [0.1, 0.15) is 0 Å². The van der Waals surface area contributed by atoms with E-state index >= 15 is 0 Å². The molecule has 0 unspecified atom stereocenters. The molecule has 0 atom stereocenters. The summed E-state index contributed by atoms with van der Waals surface area (Å²) in [6.07, 6.45) is 4.05. The quantitative estimate of drug-likeness (QED) is 0.199. The van der Waals surface area contributed by atoms with Crippen LogP contribution in [0.2, 0.25) is 0 Å². The minimum absolute atomic E-state index is 0. The minimum Gasteiger partial charge on any atom is -0.509 e. The Morgan fingerprint density at radius 2 is 1.36 bits per heavy atom. The van der Waals surface area contributed by atoms with Crippen LogP contribution in [0, 0.1) is 32.4 Å². The smallest absolute Gasteiger partial charge is 0.509 e. The van der Waals surface area contributed by atoms with Crippen molar-refractivity contribution >= 4 is 22.7 Å². The number of hydrogen-bond acceptors (Lipinski definition) is 5. The van der Waals surface area contributed by atoms with Gasteiger partial charge < -0.3 is 24.3 Å². The molecular weight excluding hydrogens is 663 g/mol. The van der Waals surface area contributed by atoms with Gasteiger partial charge in [0.25, 0.3) is 0 Å². The summed E-state index contributed by atoms with van der Waals surface area (Å²) in [5, 5.41) is 0. The van der Waals surface area contributed by atoms with Crippen molar-refractivity contribution < 1.29 is 25.8 Å². The van der Waals surface area contributed by atoms with Crippen molar-refractivity contribution in [2.75, 3.05) is 21.7 Å². The van der Waals surface area contributed by atoms with Crippen LogP contribution in [0.4, 0.5) is 22.7 Å². The fourth-order valence-corrected chi connectivity index (χ4v) is 4.73. The monoisotopic (exact) mass is 693 g/mol. The molecule has 2 aliphatic rings. The number of hydrogen-bond donors (Lipinski definition) is 0. The maximum absolute atomic E-state index is 6.25. The average Bonchev–Trinajstić information content (AvgIpc) is 3.42. The molecule has 4 aromatic carbocycles. The molecule has 0 saturated heterocycles. The molecule has 5 nitrogen and oxygen atoms in total. The Balaban J connectivity index is 0.00000308. The largest absolute Gasteiger partial charge is 4.00 e. The maximum atomic E-state index is 6.25. The summed E-state index contributed by atoms with van der Waals surface area (Å²) in [4.78, 5) is 8.51. The van der Waals surface area contributed by atoms with Crippen LogP contribution in [0.1, 0.15) is 25.0 Å².